The zero-order valence-electron chi connectivity index (χ0n) is 13.5. The number of aliphatic hydroxyl groups is 1. The molecule has 22 heavy (non-hydrogen) atoms. The van der Waals surface area contributed by atoms with E-state index in [2.05, 4.69) is 0 Å². The predicted octanol–water partition coefficient (Wildman–Crippen LogP) is -0.586. The number of hydrogen-bond donors (Lipinski definition) is 1. The van der Waals surface area contributed by atoms with E-state index in [9.17, 15) is 19.5 Å². The second-order valence-corrected chi connectivity index (χ2v) is 6.86. The summed E-state index contributed by atoms with van der Waals surface area (Å²) in [5.74, 6) is -0.195. The van der Waals surface area contributed by atoms with Gasteiger partial charge >= 0.3 is 17.3 Å². The minimum absolute atomic E-state index is 0.104. The quantitative estimate of drug-likeness (QED) is 0.700. The third-order valence-electron chi connectivity index (χ3n) is 2.77. The molecule has 0 aliphatic heterocycles. The van der Waals surface area contributed by atoms with Gasteiger partial charge < -0.3 is 9.84 Å². The number of carbonyl (C=O) groups excluding carboxylic acids is 1. The highest BCUT2D eigenvalue weighted by Crippen LogP contribution is 2.07. The van der Waals surface area contributed by atoms with E-state index in [0.29, 0.717) is 5.75 Å². The molecule has 1 atom stereocenters. The predicted molar refractivity (Wildman–Crippen MR) is 84.2 cm³/mol. The summed E-state index contributed by atoms with van der Waals surface area (Å²) >= 11 is 1.41. The van der Waals surface area contributed by atoms with Crippen molar-refractivity contribution in [1.82, 2.24) is 13.9 Å². The first-order valence-electron chi connectivity index (χ1n) is 6.82. The summed E-state index contributed by atoms with van der Waals surface area (Å²) in [4.78, 5) is 36.1. The minimum atomic E-state index is -0.808. The molecule has 0 aliphatic carbocycles. The van der Waals surface area contributed by atoms with E-state index in [1.807, 2.05) is 6.26 Å². The van der Waals surface area contributed by atoms with Crippen molar-refractivity contribution in [3.63, 3.8) is 0 Å². The van der Waals surface area contributed by atoms with Crippen molar-refractivity contribution in [2.75, 3.05) is 12.0 Å². The molecule has 1 aromatic rings. The van der Waals surface area contributed by atoms with Crippen LogP contribution in [0.15, 0.2) is 9.59 Å². The van der Waals surface area contributed by atoms with Crippen molar-refractivity contribution >= 4 is 17.7 Å². The van der Waals surface area contributed by atoms with Gasteiger partial charge in [0.25, 0.3) is 0 Å². The molecular weight excluding hydrogens is 310 g/mol. The van der Waals surface area contributed by atoms with Gasteiger partial charge in [-0.1, -0.05) is 0 Å². The van der Waals surface area contributed by atoms with Crippen molar-refractivity contribution in [3.05, 3.63) is 21.0 Å². The number of aliphatic hydroxyl groups excluding tert-OH is 1. The highest BCUT2D eigenvalue weighted by Gasteiger charge is 2.21. The monoisotopic (exact) mass is 333 g/mol. The maximum atomic E-state index is 12.2. The van der Waals surface area contributed by atoms with Crippen LogP contribution in [-0.2, 0) is 29.7 Å². The molecule has 9 heteroatoms. The Morgan fingerprint density at radius 2 is 1.91 bits per heavy atom. The number of ether oxygens (including phenoxy) is 1. The molecule has 1 rings (SSSR count). The van der Waals surface area contributed by atoms with Crippen molar-refractivity contribution < 1.29 is 14.6 Å². The van der Waals surface area contributed by atoms with Gasteiger partial charge in [0.15, 0.2) is 0 Å². The van der Waals surface area contributed by atoms with Gasteiger partial charge in [0, 0.05) is 12.8 Å². The molecule has 0 spiro atoms. The maximum Gasteiger partial charge on any atom is 0.347 e. The Morgan fingerprint density at radius 3 is 2.41 bits per heavy atom. The van der Waals surface area contributed by atoms with Crippen LogP contribution >= 0.6 is 11.8 Å². The van der Waals surface area contributed by atoms with Gasteiger partial charge in [-0.05, 0) is 27.0 Å². The minimum Gasteiger partial charge on any atom is -0.459 e. The van der Waals surface area contributed by atoms with Crippen LogP contribution in [0.2, 0.25) is 0 Å². The topological polar surface area (TPSA) is 95.5 Å². The van der Waals surface area contributed by atoms with Crippen molar-refractivity contribution in [2.24, 2.45) is 7.05 Å². The van der Waals surface area contributed by atoms with E-state index >= 15 is 0 Å². The van der Waals surface area contributed by atoms with Crippen molar-refractivity contribution in [1.29, 1.82) is 0 Å². The fourth-order valence-corrected chi connectivity index (χ4v) is 2.40. The van der Waals surface area contributed by atoms with Gasteiger partial charge in [-0.15, -0.1) is 0 Å². The number of nitrogens with zero attached hydrogens (tertiary/aromatic N) is 3. The van der Waals surface area contributed by atoms with Crippen LogP contribution in [0.3, 0.4) is 0 Å². The van der Waals surface area contributed by atoms with Crippen LogP contribution in [0.25, 0.3) is 0 Å². The maximum absolute atomic E-state index is 12.2. The van der Waals surface area contributed by atoms with Crippen LogP contribution in [-0.4, -0.2) is 48.7 Å². The average molecular weight is 333 g/mol. The Bertz CT molecular complexity index is 638. The van der Waals surface area contributed by atoms with Gasteiger partial charge in [-0.3, -0.25) is 4.79 Å². The van der Waals surface area contributed by atoms with Gasteiger partial charge in [0.1, 0.15) is 12.1 Å². The third kappa shape index (κ3) is 4.77. The lowest BCUT2D eigenvalue weighted by atomic mass is 10.2. The van der Waals surface area contributed by atoms with Gasteiger partial charge in [0.2, 0.25) is 0 Å². The van der Waals surface area contributed by atoms with Crippen LogP contribution in [0.1, 0.15) is 20.8 Å². The molecule has 0 radical (unpaired) electrons. The van der Waals surface area contributed by atoms with Crippen molar-refractivity contribution in [3.8, 4) is 0 Å². The zero-order chi connectivity index (χ0) is 17.1. The summed E-state index contributed by atoms with van der Waals surface area (Å²) in [5.41, 5.74) is -1.89. The summed E-state index contributed by atoms with van der Waals surface area (Å²) in [6.07, 6.45) is 1.01. The molecule has 1 N–H and O–H groups in total. The first kappa shape index (κ1) is 18.6. The highest BCUT2D eigenvalue weighted by atomic mass is 32.2. The Kier molecular flexibility index (Phi) is 6.07. The number of carbonyl (C=O) groups is 1. The Balaban J connectivity index is 3.01. The molecule has 1 aromatic heterocycles. The fraction of sp³-hybridized carbons (Fsp3) is 0.769. The fourth-order valence-electron chi connectivity index (χ4n) is 1.91. The van der Waals surface area contributed by atoms with Gasteiger partial charge in [-0.25, -0.2) is 23.5 Å². The molecule has 0 amide bonds. The summed E-state index contributed by atoms with van der Waals surface area (Å²) < 4.78 is 8.12. The smallest absolute Gasteiger partial charge is 0.347 e. The molecule has 0 bridgehead atoms. The second-order valence-electron chi connectivity index (χ2n) is 5.95. The van der Waals surface area contributed by atoms with Crippen molar-refractivity contribution in [2.45, 2.75) is 45.6 Å². The summed E-state index contributed by atoms with van der Waals surface area (Å²) in [6, 6.07) is 0. The average Bonchev–Trinajstić information content (AvgIpc) is 2.54. The van der Waals surface area contributed by atoms with Gasteiger partial charge in [0.05, 0.1) is 12.6 Å². The first-order chi connectivity index (χ1) is 10.1. The van der Waals surface area contributed by atoms with Crippen LogP contribution < -0.4 is 11.4 Å². The van der Waals surface area contributed by atoms with Gasteiger partial charge in [-0.2, -0.15) is 11.8 Å². The third-order valence-corrected chi connectivity index (χ3v) is 3.49. The summed E-state index contributed by atoms with van der Waals surface area (Å²) in [6.45, 7) is 4.70. The van der Waals surface area contributed by atoms with Crippen LogP contribution in [0.4, 0.5) is 0 Å². The lowest BCUT2D eigenvalue weighted by Gasteiger charge is -2.19. The van der Waals surface area contributed by atoms with E-state index in [0.717, 1.165) is 13.9 Å². The summed E-state index contributed by atoms with van der Waals surface area (Å²) in [7, 11) is 1.39. The Morgan fingerprint density at radius 1 is 1.32 bits per heavy atom. The second kappa shape index (κ2) is 7.19. The van der Waals surface area contributed by atoms with Crippen LogP contribution in [0.5, 0.6) is 0 Å². The molecule has 0 saturated heterocycles. The molecule has 1 heterocycles. The molecule has 126 valence electrons. The number of hydrogen-bond acceptors (Lipinski definition) is 6. The van der Waals surface area contributed by atoms with Crippen LogP contribution in [0, 0.1) is 0 Å². The normalized spacial score (nSPS) is 13.2. The largest absolute Gasteiger partial charge is 0.459 e. The van der Waals surface area contributed by atoms with E-state index in [1.165, 1.54) is 18.8 Å². The van der Waals surface area contributed by atoms with E-state index in [1.54, 1.807) is 20.8 Å². The molecular formula is C13H23N3O5S. The lowest BCUT2D eigenvalue weighted by Crippen LogP contribution is -2.35. The molecule has 0 aliphatic rings. The number of thioether (sulfide) groups is 1. The number of rotatable bonds is 6. The first-order valence-corrected chi connectivity index (χ1v) is 8.21. The Labute approximate surface area is 132 Å². The zero-order valence-corrected chi connectivity index (χ0v) is 14.3. The molecule has 1 unspecified atom stereocenters. The molecule has 0 saturated carbocycles. The van der Waals surface area contributed by atoms with E-state index < -0.39 is 29.1 Å². The lowest BCUT2D eigenvalue weighted by molar-refractivity contribution is -0.156. The molecule has 0 fully saturated rings. The SMILES string of the molecule is CSCC(O)Cn1c(=O)n(C)n(CC(=O)OC(C)(C)C)c1=O. The molecule has 0 aromatic carbocycles. The molecule has 8 nitrogen and oxygen atoms in total. The number of aromatic nitrogens is 3. The van der Waals surface area contributed by atoms with E-state index in [4.69, 9.17) is 4.74 Å². The number of esters is 1. The highest BCUT2D eigenvalue weighted by molar-refractivity contribution is 7.98. The standard InChI is InChI=1S/C13H23N3O5S/c1-13(2,3)21-10(18)7-16-12(20)15(11(19)14(16)4)6-9(17)8-22-5/h9,17H,6-8H2,1-5H3. The Hall–Kier alpha value is -1.48. The van der Waals surface area contributed by atoms with E-state index in [-0.39, 0.29) is 13.1 Å². The summed E-state index contributed by atoms with van der Waals surface area (Å²) in [5, 5.41) is 9.76.